The number of ether oxygens (including phenoxy) is 1. The van der Waals surface area contributed by atoms with E-state index in [9.17, 15) is 13.2 Å². The summed E-state index contributed by atoms with van der Waals surface area (Å²) in [6.45, 7) is 3.04. The number of halogens is 1. The normalized spacial score (nSPS) is 11.4. The van der Waals surface area contributed by atoms with Crippen LogP contribution in [0, 0.1) is 0 Å². The van der Waals surface area contributed by atoms with Crippen molar-refractivity contribution in [2.45, 2.75) is 20.0 Å². The van der Waals surface area contributed by atoms with Crippen LogP contribution in [0.2, 0.25) is 5.02 Å². The maximum Gasteiger partial charge on any atom is 0.327 e. The fourth-order valence-corrected chi connectivity index (χ4v) is 2.40. The van der Waals surface area contributed by atoms with Crippen LogP contribution in [-0.4, -0.2) is 33.3 Å². The fraction of sp³-hybridized carbons (Fsp3) is 0.417. The molecule has 0 aliphatic rings. The standard InChI is InChI=1S/C12H16ClNO4S/c1-9(2)18-12(15)8-14(19(3,16)17)11-6-4-10(13)5-7-11/h4-7,9H,8H2,1-3H3. The van der Waals surface area contributed by atoms with Gasteiger partial charge in [0.05, 0.1) is 18.0 Å². The van der Waals surface area contributed by atoms with Crippen molar-refractivity contribution in [2.75, 3.05) is 17.1 Å². The number of anilines is 1. The highest BCUT2D eigenvalue weighted by Gasteiger charge is 2.22. The van der Waals surface area contributed by atoms with Gasteiger partial charge in [-0.15, -0.1) is 0 Å². The molecule has 1 aromatic rings. The number of carbonyl (C=O) groups is 1. The first kappa shape index (κ1) is 15.8. The number of carbonyl (C=O) groups excluding carboxylic acids is 1. The van der Waals surface area contributed by atoms with E-state index in [-0.39, 0.29) is 12.6 Å². The van der Waals surface area contributed by atoms with Crippen molar-refractivity contribution in [3.8, 4) is 0 Å². The molecule has 0 radical (unpaired) electrons. The smallest absolute Gasteiger partial charge is 0.327 e. The van der Waals surface area contributed by atoms with E-state index in [4.69, 9.17) is 16.3 Å². The Bertz CT molecular complexity index is 539. The number of sulfonamides is 1. The second-order valence-corrected chi connectivity index (χ2v) is 6.63. The molecule has 7 heteroatoms. The lowest BCUT2D eigenvalue weighted by molar-refractivity contribution is -0.145. The molecular weight excluding hydrogens is 290 g/mol. The lowest BCUT2D eigenvalue weighted by Gasteiger charge is -2.22. The molecule has 0 heterocycles. The van der Waals surface area contributed by atoms with E-state index in [2.05, 4.69) is 0 Å². The van der Waals surface area contributed by atoms with Crippen molar-refractivity contribution < 1.29 is 17.9 Å². The lowest BCUT2D eigenvalue weighted by Crippen LogP contribution is -2.36. The van der Waals surface area contributed by atoms with Gasteiger partial charge in [-0.3, -0.25) is 9.10 Å². The summed E-state index contributed by atoms with van der Waals surface area (Å²) >= 11 is 5.75. The van der Waals surface area contributed by atoms with Crippen LogP contribution in [0.3, 0.4) is 0 Å². The first-order chi connectivity index (χ1) is 8.70. The van der Waals surface area contributed by atoms with E-state index in [1.165, 1.54) is 12.1 Å². The predicted molar refractivity (Wildman–Crippen MR) is 74.9 cm³/mol. The zero-order chi connectivity index (χ0) is 14.6. The highest BCUT2D eigenvalue weighted by Crippen LogP contribution is 2.20. The Morgan fingerprint density at radius 3 is 2.26 bits per heavy atom. The molecule has 0 saturated heterocycles. The highest BCUT2D eigenvalue weighted by atomic mass is 35.5. The second kappa shape index (κ2) is 6.25. The number of nitrogens with zero attached hydrogens (tertiary/aromatic N) is 1. The number of esters is 1. The van der Waals surface area contributed by atoms with E-state index in [0.29, 0.717) is 10.7 Å². The van der Waals surface area contributed by atoms with Crippen LogP contribution in [0.1, 0.15) is 13.8 Å². The fourth-order valence-electron chi connectivity index (χ4n) is 1.42. The van der Waals surface area contributed by atoms with Crippen molar-refractivity contribution in [1.82, 2.24) is 0 Å². The van der Waals surface area contributed by atoms with Crippen molar-refractivity contribution in [2.24, 2.45) is 0 Å². The van der Waals surface area contributed by atoms with Gasteiger partial charge in [-0.1, -0.05) is 11.6 Å². The third-order valence-corrected chi connectivity index (χ3v) is 3.55. The monoisotopic (exact) mass is 305 g/mol. The summed E-state index contributed by atoms with van der Waals surface area (Å²) < 4.78 is 29.4. The van der Waals surface area contributed by atoms with E-state index >= 15 is 0 Å². The van der Waals surface area contributed by atoms with Gasteiger partial charge in [0.2, 0.25) is 10.0 Å². The number of rotatable bonds is 5. The molecule has 0 spiro atoms. The van der Waals surface area contributed by atoms with Gasteiger partial charge in [0.25, 0.3) is 0 Å². The van der Waals surface area contributed by atoms with Crippen LogP contribution in [0.4, 0.5) is 5.69 Å². The summed E-state index contributed by atoms with van der Waals surface area (Å²) in [6.07, 6.45) is 0.740. The number of hydrogen-bond donors (Lipinski definition) is 0. The van der Waals surface area contributed by atoms with Gasteiger partial charge < -0.3 is 4.74 Å². The third-order valence-electron chi connectivity index (χ3n) is 2.15. The predicted octanol–water partition coefficient (Wildman–Crippen LogP) is 2.06. The molecule has 0 bridgehead atoms. The Hall–Kier alpha value is -1.27. The Morgan fingerprint density at radius 2 is 1.84 bits per heavy atom. The molecule has 0 atom stereocenters. The average Bonchev–Trinajstić information content (AvgIpc) is 2.25. The molecule has 5 nitrogen and oxygen atoms in total. The largest absolute Gasteiger partial charge is 0.462 e. The molecule has 0 unspecified atom stereocenters. The number of benzene rings is 1. The van der Waals surface area contributed by atoms with Gasteiger partial charge in [-0.25, -0.2) is 8.42 Å². The minimum absolute atomic E-state index is 0.292. The highest BCUT2D eigenvalue weighted by molar-refractivity contribution is 7.92. The summed E-state index contributed by atoms with van der Waals surface area (Å²) in [4.78, 5) is 11.6. The minimum atomic E-state index is -3.57. The molecule has 0 saturated carbocycles. The molecule has 0 aliphatic heterocycles. The average molecular weight is 306 g/mol. The summed E-state index contributed by atoms with van der Waals surface area (Å²) in [5.41, 5.74) is 0.368. The van der Waals surface area contributed by atoms with Gasteiger partial charge in [-0.05, 0) is 38.1 Å². The van der Waals surface area contributed by atoms with E-state index < -0.39 is 16.0 Å². The minimum Gasteiger partial charge on any atom is -0.462 e. The Morgan fingerprint density at radius 1 is 1.32 bits per heavy atom. The SMILES string of the molecule is CC(C)OC(=O)CN(c1ccc(Cl)cc1)S(C)(=O)=O. The lowest BCUT2D eigenvalue weighted by atomic mass is 10.3. The topological polar surface area (TPSA) is 63.7 Å². The molecule has 0 amide bonds. The van der Waals surface area contributed by atoms with Crippen LogP contribution >= 0.6 is 11.6 Å². The van der Waals surface area contributed by atoms with E-state index in [1.807, 2.05) is 0 Å². The summed E-state index contributed by atoms with van der Waals surface area (Å²) in [6, 6.07) is 6.18. The van der Waals surface area contributed by atoms with Crippen LogP contribution in [0.25, 0.3) is 0 Å². The Balaban J connectivity index is 2.97. The number of hydrogen-bond acceptors (Lipinski definition) is 4. The molecule has 0 aromatic heterocycles. The van der Waals surface area contributed by atoms with Crippen LogP contribution in [0.15, 0.2) is 24.3 Å². The Labute approximate surface area is 118 Å². The molecule has 106 valence electrons. The third kappa shape index (κ3) is 5.08. The molecule has 1 aromatic carbocycles. The molecule has 0 N–H and O–H groups in total. The second-order valence-electron chi connectivity index (χ2n) is 4.28. The zero-order valence-electron chi connectivity index (χ0n) is 11.0. The van der Waals surface area contributed by atoms with Crippen LogP contribution in [-0.2, 0) is 19.6 Å². The van der Waals surface area contributed by atoms with Crippen LogP contribution < -0.4 is 4.31 Å². The van der Waals surface area contributed by atoms with Gasteiger partial charge in [0.1, 0.15) is 6.54 Å². The van der Waals surface area contributed by atoms with Crippen molar-refractivity contribution >= 4 is 33.3 Å². The molecule has 0 fully saturated rings. The molecule has 19 heavy (non-hydrogen) atoms. The van der Waals surface area contributed by atoms with Crippen molar-refractivity contribution in [1.29, 1.82) is 0 Å². The van der Waals surface area contributed by atoms with E-state index in [1.54, 1.807) is 26.0 Å². The van der Waals surface area contributed by atoms with Gasteiger partial charge in [0.15, 0.2) is 0 Å². The first-order valence-electron chi connectivity index (χ1n) is 5.63. The molecule has 1 rings (SSSR count). The van der Waals surface area contributed by atoms with Gasteiger partial charge in [-0.2, -0.15) is 0 Å². The molecule has 0 aliphatic carbocycles. The first-order valence-corrected chi connectivity index (χ1v) is 7.85. The quantitative estimate of drug-likeness (QED) is 0.781. The van der Waals surface area contributed by atoms with Crippen LogP contribution in [0.5, 0.6) is 0 Å². The molecular formula is C12H16ClNO4S. The zero-order valence-corrected chi connectivity index (χ0v) is 12.5. The summed E-state index contributed by atoms with van der Waals surface area (Å²) in [5.74, 6) is -0.602. The van der Waals surface area contributed by atoms with Gasteiger partial charge in [0, 0.05) is 5.02 Å². The van der Waals surface area contributed by atoms with Gasteiger partial charge >= 0.3 is 5.97 Å². The van der Waals surface area contributed by atoms with Crippen molar-refractivity contribution in [3.63, 3.8) is 0 Å². The van der Waals surface area contributed by atoms with E-state index in [0.717, 1.165) is 10.6 Å². The summed E-state index contributed by atoms with van der Waals surface area (Å²) in [7, 11) is -3.57. The maximum atomic E-state index is 11.7. The van der Waals surface area contributed by atoms with Crippen molar-refractivity contribution in [3.05, 3.63) is 29.3 Å². The summed E-state index contributed by atoms with van der Waals surface area (Å²) in [5, 5.41) is 0.488. The maximum absolute atomic E-state index is 11.7. The Kier molecular flexibility index (Phi) is 5.20.